The fourth-order valence-electron chi connectivity index (χ4n) is 12.3. The Morgan fingerprint density at radius 3 is 2.53 bits per heavy atom. The standard InChI is InChI=1S/C58H66N8O7S2/c1-38(2)47-6-4-5-7-48(47)52-37-63(36-40-8-13-54-41(28-40)17-27-74-54)25-26-65(52)44-32-58(33-44)20-23-64(24-21-58)43-9-11-49(53(30-43)73-45-29-42-16-22-59-55(42)61-35-45)56(67)62-75(71,72)46-10-12-50(51(31-46)66(69)70)60-34-39-14-18-57(3,68)19-15-39/h4-13,16-17,22,27-31,35,38-39,44,52,60,68H,14-15,18-21,23-26,32-34,36-37H2,1-3H3,(H,59,61)(H,62,67)/t39-,52?,57-. The molecule has 1 unspecified atom stereocenters. The minimum Gasteiger partial charge on any atom is -0.455 e. The Labute approximate surface area is 442 Å². The zero-order valence-corrected chi connectivity index (χ0v) is 44.5. The molecule has 4 aromatic carbocycles. The van der Waals surface area contributed by atoms with Gasteiger partial charge in [-0.3, -0.25) is 24.7 Å². The number of piperidine rings is 1. The molecule has 2 saturated heterocycles. The number of hydrogen-bond acceptors (Lipinski definition) is 13. The van der Waals surface area contributed by atoms with E-state index in [1.165, 1.54) is 38.9 Å². The van der Waals surface area contributed by atoms with Gasteiger partial charge in [0.25, 0.3) is 21.6 Å². The Bertz CT molecular complexity index is 3350. The van der Waals surface area contributed by atoms with Gasteiger partial charge in [0, 0.05) is 92.0 Å². The Morgan fingerprint density at radius 1 is 0.947 bits per heavy atom. The van der Waals surface area contributed by atoms with Crippen LogP contribution in [0.1, 0.15) is 111 Å². The van der Waals surface area contributed by atoms with Crippen LogP contribution in [0, 0.1) is 21.4 Å². The van der Waals surface area contributed by atoms with Gasteiger partial charge in [0.2, 0.25) is 0 Å². The summed E-state index contributed by atoms with van der Waals surface area (Å²) in [5.74, 6) is 0.190. The SMILES string of the molecule is CC(C)c1ccccc1C1CN(Cc2ccc3sccc3c2)CCN1C1CC2(CCN(c3ccc(C(=O)NS(=O)(=O)c4ccc(NC[C@H]5CC[C@](C)(O)CC5)c([N+](=O)[O-])c4)c(Oc4cnc5[nH]ccc5c4)c3)CC2)C1. The molecule has 1 amide bonds. The summed E-state index contributed by atoms with van der Waals surface area (Å²) in [6, 6.07) is 31.4. The quantitative estimate of drug-likeness (QED) is 0.0563. The zero-order valence-electron chi connectivity index (χ0n) is 42.8. The van der Waals surface area contributed by atoms with Gasteiger partial charge in [-0.05, 0) is 158 Å². The molecule has 0 radical (unpaired) electrons. The van der Waals surface area contributed by atoms with Crippen LogP contribution in [0.15, 0.2) is 120 Å². The molecular formula is C58H66N8O7S2. The Kier molecular flexibility index (Phi) is 14.0. The maximum Gasteiger partial charge on any atom is 0.293 e. The number of sulfonamides is 1. The molecule has 0 bridgehead atoms. The third kappa shape index (κ3) is 10.9. The van der Waals surface area contributed by atoms with Gasteiger partial charge in [-0.25, -0.2) is 18.1 Å². The Morgan fingerprint density at radius 2 is 1.75 bits per heavy atom. The summed E-state index contributed by atoms with van der Waals surface area (Å²) in [6.45, 7) is 12.5. The van der Waals surface area contributed by atoms with Crippen LogP contribution in [0.4, 0.5) is 17.1 Å². The number of nitrogens with zero attached hydrogens (tertiary/aromatic N) is 5. The topological polar surface area (TPSA) is 186 Å². The highest BCUT2D eigenvalue weighted by molar-refractivity contribution is 7.90. The molecule has 75 heavy (non-hydrogen) atoms. The molecule has 2 aliphatic carbocycles. The van der Waals surface area contributed by atoms with E-state index in [0.29, 0.717) is 48.8 Å². The number of aliphatic hydroxyl groups is 1. The third-order valence-electron chi connectivity index (χ3n) is 16.7. The van der Waals surface area contributed by atoms with Crippen molar-refractivity contribution in [2.45, 2.75) is 107 Å². The maximum absolute atomic E-state index is 14.1. The number of benzene rings is 4. The number of carbonyl (C=O) groups excluding carboxylic acids is 1. The molecule has 1 atom stereocenters. The maximum atomic E-state index is 14.1. The van der Waals surface area contributed by atoms with Crippen molar-refractivity contribution in [3.8, 4) is 11.5 Å². The Balaban J connectivity index is 0.780. The van der Waals surface area contributed by atoms with Crippen molar-refractivity contribution in [2.75, 3.05) is 49.5 Å². The number of piperazine rings is 1. The number of carbonyl (C=O) groups is 1. The van der Waals surface area contributed by atoms with Crippen molar-refractivity contribution in [3.05, 3.63) is 147 Å². The van der Waals surface area contributed by atoms with Crippen LogP contribution >= 0.6 is 11.3 Å². The normalized spacial score (nSPS) is 21.6. The summed E-state index contributed by atoms with van der Waals surface area (Å²) >= 11 is 1.79. The predicted molar refractivity (Wildman–Crippen MR) is 295 cm³/mol. The van der Waals surface area contributed by atoms with Gasteiger partial charge >= 0.3 is 0 Å². The lowest BCUT2D eigenvalue weighted by Crippen LogP contribution is -2.60. The van der Waals surface area contributed by atoms with E-state index in [1.54, 1.807) is 41.9 Å². The van der Waals surface area contributed by atoms with Gasteiger partial charge in [0.15, 0.2) is 0 Å². The van der Waals surface area contributed by atoms with Crippen molar-refractivity contribution < 1.29 is 28.0 Å². The van der Waals surface area contributed by atoms with Crippen LogP contribution in [-0.4, -0.2) is 95.0 Å². The van der Waals surface area contributed by atoms with E-state index < -0.39 is 37.0 Å². The van der Waals surface area contributed by atoms with Crippen LogP contribution in [0.25, 0.3) is 21.1 Å². The average molecular weight is 1050 g/mol. The molecule has 1 spiro atoms. The van der Waals surface area contributed by atoms with Crippen molar-refractivity contribution >= 4 is 65.4 Å². The number of aromatic amines is 1. The molecule has 11 rings (SSSR count). The zero-order chi connectivity index (χ0) is 52.1. The van der Waals surface area contributed by atoms with Gasteiger partial charge < -0.3 is 25.0 Å². The average Bonchev–Trinajstić information content (AvgIpc) is 4.07. The predicted octanol–water partition coefficient (Wildman–Crippen LogP) is 11.4. The van der Waals surface area contributed by atoms with Gasteiger partial charge in [0.05, 0.1) is 27.2 Å². The molecule has 15 nitrogen and oxygen atoms in total. The smallest absolute Gasteiger partial charge is 0.293 e. The van der Waals surface area contributed by atoms with Crippen molar-refractivity contribution in [2.24, 2.45) is 11.3 Å². The number of pyridine rings is 1. The number of ether oxygens (including phenoxy) is 1. The second-order valence-electron chi connectivity index (χ2n) is 22.2. The molecule has 7 aromatic rings. The van der Waals surface area contributed by atoms with E-state index in [2.05, 4.69) is 102 Å². The summed E-state index contributed by atoms with van der Waals surface area (Å²) in [5, 5.41) is 30.0. The third-order valence-corrected chi connectivity index (χ3v) is 18.9. The number of rotatable bonds is 15. The van der Waals surface area contributed by atoms with Crippen LogP contribution < -0.4 is 19.7 Å². The van der Waals surface area contributed by atoms with Gasteiger partial charge in [0.1, 0.15) is 22.8 Å². The number of aromatic nitrogens is 2. The number of H-pyrrole nitrogens is 1. The number of nitro benzene ring substituents is 1. The first-order valence-electron chi connectivity index (χ1n) is 26.4. The van der Waals surface area contributed by atoms with E-state index in [0.717, 1.165) is 94.9 Å². The highest BCUT2D eigenvalue weighted by Crippen LogP contribution is 2.53. The summed E-state index contributed by atoms with van der Waals surface area (Å²) in [7, 11) is -4.59. The number of nitrogens with one attached hydrogen (secondary N) is 3. The minimum atomic E-state index is -4.59. The molecule has 3 aromatic heterocycles. The van der Waals surface area contributed by atoms with E-state index in [4.69, 9.17) is 4.74 Å². The monoisotopic (exact) mass is 1050 g/mol. The lowest BCUT2D eigenvalue weighted by Gasteiger charge is -2.58. The van der Waals surface area contributed by atoms with E-state index in [9.17, 15) is 28.4 Å². The van der Waals surface area contributed by atoms with Crippen LogP contribution in [-0.2, 0) is 16.6 Å². The number of fused-ring (bicyclic) bond motifs is 2. The first kappa shape index (κ1) is 50.8. The highest BCUT2D eigenvalue weighted by atomic mass is 32.2. The molecule has 5 heterocycles. The second-order valence-corrected chi connectivity index (χ2v) is 24.8. The van der Waals surface area contributed by atoms with Crippen molar-refractivity contribution in [1.82, 2.24) is 24.5 Å². The summed E-state index contributed by atoms with van der Waals surface area (Å²) in [4.78, 5) is 40.7. The molecule has 4 fully saturated rings. The van der Waals surface area contributed by atoms with E-state index in [1.807, 2.05) is 19.1 Å². The molecule has 4 aliphatic rings. The molecule has 392 valence electrons. The molecule has 17 heteroatoms. The lowest BCUT2D eigenvalue weighted by molar-refractivity contribution is -0.384. The largest absolute Gasteiger partial charge is 0.455 e. The van der Waals surface area contributed by atoms with Crippen LogP contribution in [0.3, 0.4) is 0 Å². The summed E-state index contributed by atoms with van der Waals surface area (Å²) in [5.41, 5.74) is 5.01. The first-order chi connectivity index (χ1) is 36.1. The summed E-state index contributed by atoms with van der Waals surface area (Å²) in [6.07, 6.45) is 10.5. The number of amides is 1. The van der Waals surface area contributed by atoms with Gasteiger partial charge in [-0.15, -0.1) is 11.3 Å². The molecule has 4 N–H and O–H groups in total. The van der Waals surface area contributed by atoms with Crippen molar-refractivity contribution in [1.29, 1.82) is 0 Å². The highest BCUT2D eigenvalue weighted by Gasteiger charge is 2.50. The summed E-state index contributed by atoms with van der Waals surface area (Å²) < 4.78 is 37.6. The van der Waals surface area contributed by atoms with Crippen molar-refractivity contribution in [3.63, 3.8) is 0 Å². The first-order valence-corrected chi connectivity index (χ1v) is 28.8. The number of thiophene rings is 1. The van der Waals surface area contributed by atoms with Gasteiger partial charge in [-0.1, -0.05) is 44.2 Å². The van der Waals surface area contributed by atoms with Crippen LogP contribution in [0.2, 0.25) is 0 Å². The molecular weight excluding hydrogens is 985 g/mol. The van der Waals surface area contributed by atoms with E-state index in [-0.39, 0.29) is 28.3 Å². The number of anilines is 2. The molecule has 2 saturated carbocycles. The lowest BCUT2D eigenvalue weighted by atomic mass is 9.59. The number of nitro groups is 1. The number of hydrogen-bond donors (Lipinski definition) is 4. The van der Waals surface area contributed by atoms with E-state index >= 15 is 0 Å². The van der Waals surface area contributed by atoms with Crippen LogP contribution in [0.5, 0.6) is 11.5 Å². The fraction of sp³-hybridized carbons (Fsp3) is 0.414. The minimum absolute atomic E-state index is 0.0247. The molecule has 2 aliphatic heterocycles. The fourth-order valence-corrected chi connectivity index (χ4v) is 14.1. The second kappa shape index (κ2) is 20.6. The Hall–Kier alpha value is -6.37. The van der Waals surface area contributed by atoms with Gasteiger partial charge in [-0.2, -0.15) is 0 Å².